The lowest BCUT2D eigenvalue weighted by Crippen LogP contribution is -2.57. The maximum absolute atomic E-state index is 14.6. The molecule has 2 saturated heterocycles. The van der Waals surface area contributed by atoms with Gasteiger partial charge in [-0.3, -0.25) is 9.88 Å². The zero-order valence-electron chi connectivity index (χ0n) is 12.7. The number of β-amino-alcohol motifs (C(OH)–C–C–N with tert-alkyl or cyclic N) is 1. The van der Waals surface area contributed by atoms with Crippen LogP contribution < -0.4 is 0 Å². The summed E-state index contributed by atoms with van der Waals surface area (Å²) >= 11 is 0. The van der Waals surface area contributed by atoms with Gasteiger partial charge in [0.15, 0.2) is 0 Å². The molecule has 4 nitrogen and oxygen atoms in total. The van der Waals surface area contributed by atoms with Crippen LogP contribution in [0.15, 0.2) is 24.4 Å². The summed E-state index contributed by atoms with van der Waals surface area (Å²) in [6.45, 7) is 2.96. The van der Waals surface area contributed by atoms with Crippen LogP contribution in [-0.2, 0) is 6.54 Å². The van der Waals surface area contributed by atoms with Crippen molar-refractivity contribution in [2.45, 2.75) is 25.3 Å². The lowest BCUT2D eigenvalue weighted by molar-refractivity contribution is -0.162. The molecule has 1 spiro atoms. The predicted octanol–water partition coefficient (Wildman–Crippen LogP) is 1.61. The van der Waals surface area contributed by atoms with Crippen molar-refractivity contribution < 1.29 is 13.9 Å². The molecule has 1 aromatic rings. The number of pyridine rings is 1. The van der Waals surface area contributed by atoms with Gasteiger partial charge in [0.1, 0.15) is 0 Å². The molecule has 0 amide bonds. The van der Waals surface area contributed by atoms with Gasteiger partial charge in [0.2, 0.25) is 0 Å². The van der Waals surface area contributed by atoms with Gasteiger partial charge in [0.05, 0.1) is 17.7 Å². The van der Waals surface area contributed by atoms with Crippen LogP contribution in [0.1, 0.15) is 18.5 Å². The highest BCUT2D eigenvalue weighted by Gasteiger charge is 2.58. The highest BCUT2D eigenvalue weighted by Crippen LogP contribution is 2.49. The first-order chi connectivity index (χ1) is 10.5. The summed E-state index contributed by atoms with van der Waals surface area (Å²) in [5.74, 6) is -2.63. The SMILES string of the molecule is OCCN1CCC(F)(F)C2(CCN(Cc3ccccn3)C2)C1. The molecule has 0 radical (unpaired) electrons. The number of hydrogen-bond acceptors (Lipinski definition) is 4. The van der Waals surface area contributed by atoms with E-state index in [0.717, 1.165) is 5.69 Å². The number of alkyl halides is 2. The minimum Gasteiger partial charge on any atom is -0.395 e. The molecule has 122 valence electrons. The third kappa shape index (κ3) is 3.00. The quantitative estimate of drug-likeness (QED) is 0.917. The van der Waals surface area contributed by atoms with Crippen LogP contribution in [0.2, 0.25) is 0 Å². The summed E-state index contributed by atoms with van der Waals surface area (Å²) in [6, 6.07) is 5.71. The molecule has 2 fully saturated rings. The number of hydrogen-bond donors (Lipinski definition) is 1. The van der Waals surface area contributed by atoms with Gasteiger partial charge in [-0.05, 0) is 25.1 Å². The molecular weight excluding hydrogens is 288 g/mol. The van der Waals surface area contributed by atoms with Crippen molar-refractivity contribution in [1.29, 1.82) is 0 Å². The first-order valence-corrected chi connectivity index (χ1v) is 7.88. The van der Waals surface area contributed by atoms with E-state index in [1.54, 1.807) is 6.20 Å². The van der Waals surface area contributed by atoms with Crippen molar-refractivity contribution in [3.05, 3.63) is 30.1 Å². The molecule has 2 aliphatic heterocycles. The van der Waals surface area contributed by atoms with Crippen LogP contribution in [-0.4, -0.2) is 65.1 Å². The number of piperidine rings is 1. The van der Waals surface area contributed by atoms with E-state index in [1.165, 1.54) is 0 Å². The third-order valence-electron chi connectivity index (χ3n) is 5.01. The van der Waals surface area contributed by atoms with Gasteiger partial charge in [-0.2, -0.15) is 0 Å². The molecule has 2 aliphatic rings. The summed E-state index contributed by atoms with van der Waals surface area (Å²) in [7, 11) is 0. The largest absolute Gasteiger partial charge is 0.395 e. The molecule has 0 aliphatic carbocycles. The number of rotatable bonds is 4. The van der Waals surface area contributed by atoms with Crippen molar-refractivity contribution in [2.24, 2.45) is 5.41 Å². The molecular formula is C16H23F2N3O. The Morgan fingerprint density at radius 2 is 1.91 bits per heavy atom. The fraction of sp³-hybridized carbons (Fsp3) is 0.688. The molecule has 0 saturated carbocycles. The number of aromatic nitrogens is 1. The summed E-state index contributed by atoms with van der Waals surface area (Å²) in [6.07, 6.45) is 2.14. The van der Waals surface area contributed by atoms with Gasteiger partial charge in [0, 0.05) is 45.3 Å². The van der Waals surface area contributed by atoms with E-state index in [0.29, 0.717) is 45.7 Å². The van der Waals surface area contributed by atoms with Crippen molar-refractivity contribution in [2.75, 3.05) is 39.3 Å². The average molecular weight is 311 g/mol. The first-order valence-electron chi connectivity index (χ1n) is 7.88. The molecule has 1 N–H and O–H groups in total. The van der Waals surface area contributed by atoms with E-state index in [2.05, 4.69) is 9.88 Å². The topological polar surface area (TPSA) is 39.6 Å². The zero-order chi connectivity index (χ0) is 15.6. The number of aliphatic hydroxyl groups is 1. The number of nitrogens with zero attached hydrogens (tertiary/aromatic N) is 3. The van der Waals surface area contributed by atoms with Crippen LogP contribution in [0.5, 0.6) is 0 Å². The summed E-state index contributed by atoms with van der Waals surface area (Å²) in [4.78, 5) is 8.34. The van der Waals surface area contributed by atoms with Gasteiger partial charge in [-0.1, -0.05) is 6.07 Å². The number of likely N-dealkylation sites (tertiary alicyclic amines) is 2. The first kappa shape index (κ1) is 15.8. The lowest BCUT2D eigenvalue weighted by Gasteiger charge is -2.46. The average Bonchev–Trinajstić information content (AvgIpc) is 2.89. The molecule has 0 aromatic carbocycles. The van der Waals surface area contributed by atoms with Gasteiger partial charge in [-0.25, -0.2) is 8.78 Å². The van der Waals surface area contributed by atoms with E-state index in [9.17, 15) is 8.78 Å². The maximum Gasteiger partial charge on any atom is 0.257 e. The Labute approximate surface area is 129 Å². The highest BCUT2D eigenvalue weighted by molar-refractivity contribution is 5.08. The van der Waals surface area contributed by atoms with Crippen molar-refractivity contribution in [3.8, 4) is 0 Å². The van der Waals surface area contributed by atoms with Gasteiger partial charge >= 0.3 is 0 Å². The van der Waals surface area contributed by atoms with E-state index in [1.807, 2.05) is 23.1 Å². The summed E-state index contributed by atoms with van der Waals surface area (Å²) < 4.78 is 29.1. The minimum absolute atomic E-state index is 0.0271. The standard InChI is InChI=1S/C16H23F2N3O/c17-16(18)5-8-20(9-10-22)12-15(16)4-7-21(13-15)11-14-3-1-2-6-19-14/h1-3,6,22H,4-5,7-13H2. The van der Waals surface area contributed by atoms with Crippen LogP contribution in [0.25, 0.3) is 0 Å². The van der Waals surface area contributed by atoms with Crippen LogP contribution >= 0.6 is 0 Å². The van der Waals surface area contributed by atoms with Crippen LogP contribution in [0, 0.1) is 5.41 Å². The van der Waals surface area contributed by atoms with Crippen molar-refractivity contribution in [3.63, 3.8) is 0 Å². The molecule has 6 heteroatoms. The van der Waals surface area contributed by atoms with Crippen molar-refractivity contribution >= 4 is 0 Å². The van der Waals surface area contributed by atoms with Crippen LogP contribution in [0.4, 0.5) is 8.78 Å². The number of aliphatic hydroxyl groups excluding tert-OH is 1. The molecule has 0 bridgehead atoms. The van der Waals surface area contributed by atoms with E-state index < -0.39 is 11.3 Å². The Bertz CT molecular complexity index is 499. The van der Waals surface area contributed by atoms with E-state index in [-0.39, 0.29) is 13.0 Å². The fourth-order valence-electron chi connectivity index (χ4n) is 3.76. The zero-order valence-corrected chi connectivity index (χ0v) is 12.7. The van der Waals surface area contributed by atoms with Gasteiger partial charge in [-0.15, -0.1) is 0 Å². The predicted molar refractivity (Wildman–Crippen MR) is 79.7 cm³/mol. The molecule has 1 unspecified atom stereocenters. The van der Waals surface area contributed by atoms with Gasteiger partial charge in [0.25, 0.3) is 5.92 Å². The second-order valence-corrected chi connectivity index (χ2v) is 6.52. The molecule has 3 heterocycles. The normalized spacial score (nSPS) is 29.2. The second kappa shape index (κ2) is 6.18. The molecule has 1 aromatic heterocycles. The summed E-state index contributed by atoms with van der Waals surface area (Å²) in [5.41, 5.74) is -0.0549. The fourth-order valence-corrected chi connectivity index (χ4v) is 3.76. The molecule has 22 heavy (non-hydrogen) atoms. The Morgan fingerprint density at radius 1 is 1.14 bits per heavy atom. The Morgan fingerprint density at radius 3 is 2.64 bits per heavy atom. The minimum atomic E-state index is -2.63. The molecule has 1 atom stereocenters. The highest BCUT2D eigenvalue weighted by atomic mass is 19.3. The monoisotopic (exact) mass is 311 g/mol. The number of halogens is 2. The second-order valence-electron chi connectivity index (χ2n) is 6.52. The van der Waals surface area contributed by atoms with E-state index in [4.69, 9.17) is 5.11 Å². The Hall–Kier alpha value is -1.11. The maximum atomic E-state index is 14.6. The van der Waals surface area contributed by atoms with Crippen LogP contribution in [0.3, 0.4) is 0 Å². The van der Waals surface area contributed by atoms with E-state index >= 15 is 0 Å². The smallest absolute Gasteiger partial charge is 0.257 e. The Balaban J connectivity index is 1.69. The summed E-state index contributed by atoms with van der Waals surface area (Å²) in [5, 5.41) is 9.08. The van der Waals surface area contributed by atoms with Gasteiger partial charge < -0.3 is 10.0 Å². The van der Waals surface area contributed by atoms with Crippen molar-refractivity contribution in [1.82, 2.24) is 14.8 Å². The third-order valence-corrected chi connectivity index (χ3v) is 5.01. The lowest BCUT2D eigenvalue weighted by atomic mass is 9.75. The Kier molecular flexibility index (Phi) is 4.43. The molecule has 3 rings (SSSR count).